The van der Waals surface area contributed by atoms with Crippen molar-refractivity contribution >= 4 is 33.6 Å². The summed E-state index contributed by atoms with van der Waals surface area (Å²) in [5.41, 5.74) is 0.263. The van der Waals surface area contributed by atoms with Crippen LogP contribution in [-0.4, -0.2) is 12.5 Å². The van der Waals surface area contributed by atoms with Crippen molar-refractivity contribution in [2.45, 2.75) is 19.7 Å². The predicted molar refractivity (Wildman–Crippen MR) is 130 cm³/mol. The van der Waals surface area contributed by atoms with E-state index < -0.39 is 17.6 Å². The topological polar surface area (TPSA) is 71.3 Å². The van der Waals surface area contributed by atoms with Crippen molar-refractivity contribution < 1.29 is 27.4 Å². The number of rotatable bonds is 8. The van der Waals surface area contributed by atoms with Crippen LogP contribution in [0, 0.1) is 11.3 Å². The fraction of sp³-hybridized carbons (Fsp3) is 0.154. The van der Waals surface area contributed by atoms with Gasteiger partial charge in [-0.25, -0.2) is 0 Å². The van der Waals surface area contributed by atoms with Crippen LogP contribution in [0.5, 0.6) is 11.5 Å². The Kier molecular flexibility index (Phi) is 8.55. The number of ether oxygens (including phenoxy) is 2. The molecule has 9 heteroatoms. The average molecular weight is 545 g/mol. The van der Waals surface area contributed by atoms with Gasteiger partial charge in [-0.2, -0.15) is 18.4 Å². The van der Waals surface area contributed by atoms with E-state index in [0.717, 1.165) is 12.1 Å². The number of nitrogens with one attached hydrogen (secondary N) is 1. The molecule has 0 spiro atoms. The first-order valence-corrected chi connectivity index (χ1v) is 11.2. The normalized spacial score (nSPS) is 11.5. The van der Waals surface area contributed by atoms with Crippen LogP contribution in [0.3, 0.4) is 0 Å². The molecule has 0 radical (unpaired) electrons. The average Bonchev–Trinajstić information content (AvgIpc) is 2.83. The van der Waals surface area contributed by atoms with Gasteiger partial charge in [-0.1, -0.05) is 28.1 Å². The molecule has 35 heavy (non-hydrogen) atoms. The van der Waals surface area contributed by atoms with Gasteiger partial charge in [0.05, 0.1) is 12.2 Å². The maximum Gasteiger partial charge on any atom is 0.416 e. The van der Waals surface area contributed by atoms with Crippen molar-refractivity contribution in [1.29, 1.82) is 5.26 Å². The molecule has 0 saturated carbocycles. The molecule has 3 aromatic rings. The second-order valence-corrected chi connectivity index (χ2v) is 8.17. The molecule has 3 aromatic carbocycles. The van der Waals surface area contributed by atoms with Crippen LogP contribution in [0.2, 0.25) is 0 Å². The SMILES string of the molecule is CCOc1ccc(NC(=O)/C(C#N)=C/c2cc(Br)ccc2OCc2cccc(C(F)(F)F)c2)cc1. The lowest BCUT2D eigenvalue weighted by molar-refractivity contribution is -0.137. The van der Waals surface area contributed by atoms with Crippen molar-refractivity contribution in [3.05, 3.63) is 93.5 Å². The van der Waals surface area contributed by atoms with Crippen LogP contribution in [0.15, 0.2) is 76.8 Å². The molecule has 0 saturated heterocycles. The molecule has 1 N–H and O–H groups in total. The summed E-state index contributed by atoms with van der Waals surface area (Å²) in [6, 6.07) is 18.3. The van der Waals surface area contributed by atoms with Crippen molar-refractivity contribution in [1.82, 2.24) is 0 Å². The summed E-state index contributed by atoms with van der Waals surface area (Å²) >= 11 is 3.34. The highest BCUT2D eigenvalue weighted by Crippen LogP contribution is 2.31. The second-order valence-electron chi connectivity index (χ2n) is 7.25. The molecule has 0 aliphatic rings. The fourth-order valence-corrected chi connectivity index (χ4v) is 3.44. The number of carbonyl (C=O) groups excluding carboxylic acids is 1. The minimum Gasteiger partial charge on any atom is -0.494 e. The quantitative estimate of drug-likeness (QED) is 0.245. The zero-order valence-corrected chi connectivity index (χ0v) is 20.1. The largest absolute Gasteiger partial charge is 0.494 e. The van der Waals surface area contributed by atoms with E-state index >= 15 is 0 Å². The van der Waals surface area contributed by atoms with E-state index in [1.54, 1.807) is 42.5 Å². The van der Waals surface area contributed by atoms with Crippen molar-refractivity contribution in [3.63, 3.8) is 0 Å². The monoisotopic (exact) mass is 544 g/mol. The molecular weight excluding hydrogens is 525 g/mol. The highest BCUT2D eigenvalue weighted by molar-refractivity contribution is 9.10. The third kappa shape index (κ3) is 7.36. The first-order valence-electron chi connectivity index (χ1n) is 10.4. The molecule has 180 valence electrons. The third-order valence-electron chi connectivity index (χ3n) is 4.71. The van der Waals surface area contributed by atoms with E-state index in [1.165, 1.54) is 18.2 Å². The van der Waals surface area contributed by atoms with Gasteiger partial charge < -0.3 is 14.8 Å². The number of nitriles is 1. The molecule has 0 fully saturated rings. The van der Waals surface area contributed by atoms with Crippen molar-refractivity contribution in [3.8, 4) is 17.6 Å². The van der Waals surface area contributed by atoms with E-state index in [-0.39, 0.29) is 12.2 Å². The van der Waals surface area contributed by atoms with E-state index in [9.17, 15) is 23.2 Å². The number of hydrogen-bond acceptors (Lipinski definition) is 4. The Morgan fingerprint density at radius 1 is 1.09 bits per heavy atom. The number of amides is 1. The summed E-state index contributed by atoms with van der Waals surface area (Å²) in [5.74, 6) is 0.325. The molecule has 0 unspecified atom stereocenters. The second kappa shape index (κ2) is 11.6. The van der Waals surface area contributed by atoms with Crippen LogP contribution in [0.1, 0.15) is 23.6 Å². The molecule has 0 aromatic heterocycles. The number of halogens is 4. The Morgan fingerprint density at radius 3 is 2.49 bits per heavy atom. The molecule has 0 aliphatic carbocycles. The summed E-state index contributed by atoms with van der Waals surface area (Å²) in [6.45, 7) is 2.24. The van der Waals surface area contributed by atoms with Crippen LogP contribution in [0.4, 0.5) is 18.9 Å². The molecular formula is C26H20BrF3N2O3. The smallest absolute Gasteiger partial charge is 0.416 e. The molecule has 0 aliphatic heterocycles. The fourth-order valence-electron chi connectivity index (χ4n) is 3.07. The summed E-state index contributed by atoms with van der Waals surface area (Å²) < 4.78 is 50.7. The number of nitrogens with zero attached hydrogens (tertiary/aromatic N) is 1. The van der Waals surface area contributed by atoms with Gasteiger partial charge in [0.15, 0.2) is 0 Å². The maximum atomic E-state index is 13.0. The molecule has 1 amide bonds. The Hall–Kier alpha value is -3.77. The number of alkyl halides is 3. The summed E-state index contributed by atoms with van der Waals surface area (Å²) in [7, 11) is 0. The van der Waals surface area contributed by atoms with Gasteiger partial charge in [-0.15, -0.1) is 0 Å². The highest BCUT2D eigenvalue weighted by atomic mass is 79.9. The molecule has 3 rings (SSSR count). The highest BCUT2D eigenvalue weighted by Gasteiger charge is 2.30. The number of carbonyl (C=O) groups is 1. The van der Waals surface area contributed by atoms with Gasteiger partial charge in [-0.3, -0.25) is 4.79 Å². The molecule has 0 heterocycles. The lowest BCUT2D eigenvalue weighted by atomic mass is 10.1. The van der Waals surface area contributed by atoms with E-state index in [0.29, 0.717) is 39.4 Å². The van der Waals surface area contributed by atoms with Crippen LogP contribution in [-0.2, 0) is 17.6 Å². The van der Waals surface area contributed by atoms with Gasteiger partial charge in [0.1, 0.15) is 29.7 Å². The predicted octanol–water partition coefficient (Wildman–Crippen LogP) is 6.99. The van der Waals surface area contributed by atoms with E-state index in [1.807, 2.05) is 13.0 Å². The minimum absolute atomic E-state index is 0.132. The lowest BCUT2D eigenvalue weighted by Gasteiger charge is -2.12. The van der Waals surface area contributed by atoms with Crippen LogP contribution >= 0.6 is 15.9 Å². The Labute approximate surface area is 208 Å². The van der Waals surface area contributed by atoms with E-state index in [2.05, 4.69) is 21.2 Å². The van der Waals surface area contributed by atoms with E-state index in [4.69, 9.17) is 9.47 Å². The standard InChI is InChI=1S/C26H20BrF3N2O3/c1-2-34-23-9-7-22(8-10-23)32-25(33)19(15-31)13-18-14-21(27)6-11-24(18)35-16-17-4-3-5-20(12-17)26(28,29)30/h3-14H,2,16H2,1H3,(H,32,33)/b19-13+. The van der Waals surface area contributed by atoms with Crippen molar-refractivity contribution in [2.24, 2.45) is 0 Å². The van der Waals surface area contributed by atoms with Gasteiger partial charge in [0.25, 0.3) is 5.91 Å². The van der Waals surface area contributed by atoms with Crippen LogP contribution in [0.25, 0.3) is 6.08 Å². The summed E-state index contributed by atoms with van der Waals surface area (Å²) in [4.78, 5) is 12.7. The Bertz CT molecular complexity index is 1270. The first-order chi connectivity index (χ1) is 16.7. The first kappa shape index (κ1) is 25.8. The van der Waals surface area contributed by atoms with Crippen molar-refractivity contribution in [2.75, 3.05) is 11.9 Å². The van der Waals surface area contributed by atoms with Gasteiger partial charge >= 0.3 is 6.18 Å². The van der Waals surface area contributed by atoms with Gasteiger partial charge in [0.2, 0.25) is 0 Å². The maximum absolute atomic E-state index is 13.0. The Balaban J connectivity index is 1.79. The number of hydrogen-bond donors (Lipinski definition) is 1. The molecule has 5 nitrogen and oxygen atoms in total. The molecule has 0 bridgehead atoms. The molecule has 0 atom stereocenters. The summed E-state index contributed by atoms with van der Waals surface area (Å²) in [6.07, 6.45) is -3.10. The lowest BCUT2D eigenvalue weighted by Crippen LogP contribution is -2.13. The van der Waals surface area contributed by atoms with Crippen LogP contribution < -0.4 is 14.8 Å². The zero-order valence-electron chi connectivity index (χ0n) is 18.5. The van der Waals surface area contributed by atoms with Gasteiger partial charge in [0, 0.05) is 15.7 Å². The third-order valence-corrected chi connectivity index (χ3v) is 5.20. The number of anilines is 1. The number of benzene rings is 3. The summed E-state index contributed by atoms with van der Waals surface area (Å²) in [5, 5.41) is 12.2. The minimum atomic E-state index is -4.46. The zero-order chi connectivity index (χ0) is 25.4. The Morgan fingerprint density at radius 2 is 1.83 bits per heavy atom. The van der Waals surface area contributed by atoms with Gasteiger partial charge in [-0.05, 0) is 73.2 Å².